The van der Waals surface area contributed by atoms with Crippen LogP contribution in [0.1, 0.15) is 41.6 Å². The zero-order chi connectivity index (χ0) is 21.3. The van der Waals surface area contributed by atoms with Crippen LogP contribution in [0.3, 0.4) is 0 Å². The first-order valence-corrected chi connectivity index (χ1v) is 11.0. The highest BCUT2D eigenvalue weighted by molar-refractivity contribution is 9.10. The number of amides is 1. The molecule has 2 aliphatic rings. The summed E-state index contributed by atoms with van der Waals surface area (Å²) in [6.07, 6.45) is 3.11. The summed E-state index contributed by atoms with van der Waals surface area (Å²) >= 11 is 3.43. The minimum Gasteiger partial charge on any atom is -0.497 e. The predicted octanol–water partition coefficient (Wildman–Crippen LogP) is 3.71. The number of hydrogen-bond acceptors (Lipinski definition) is 5. The van der Waals surface area contributed by atoms with Gasteiger partial charge in [0.2, 0.25) is 0 Å². The van der Waals surface area contributed by atoms with E-state index in [-0.39, 0.29) is 12.2 Å². The zero-order valence-corrected chi connectivity index (χ0v) is 18.5. The predicted molar refractivity (Wildman–Crippen MR) is 118 cm³/mol. The highest BCUT2D eigenvalue weighted by Crippen LogP contribution is 2.44. The standard InChI is InChI=1S/C23H25BrN2O4/c1-30-18-8-5-16(6-9-18)21(27)14-23(29)19-13-17(24)7-10-20(19)26(22(23)28)15-25-11-3-2-4-12-25/h5-10,13,29H,2-4,11-12,14-15H2,1H3/t23-/m0/s1. The molecule has 1 N–H and O–H groups in total. The van der Waals surface area contributed by atoms with Crippen molar-refractivity contribution in [1.29, 1.82) is 0 Å². The largest absolute Gasteiger partial charge is 0.497 e. The lowest BCUT2D eigenvalue weighted by Crippen LogP contribution is -2.47. The van der Waals surface area contributed by atoms with Gasteiger partial charge in [0.25, 0.3) is 5.91 Å². The number of aliphatic hydroxyl groups is 1. The van der Waals surface area contributed by atoms with Gasteiger partial charge in [0.15, 0.2) is 11.4 Å². The first kappa shape index (κ1) is 21.0. The molecule has 6 nitrogen and oxygen atoms in total. The summed E-state index contributed by atoms with van der Waals surface area (Å²) in [5, 5.41) is 11.5. The summed E-state index contributed by atoms with van der Waals surface area (Å²) < 4.78 is 5.89. The minimum atomic E-state index is -1.88. The molecule has 0 aromatic heterocycles. The Bertz CT molecular complexity index is 956. The highest BCUT2D eigenvalue weighted by atomic mass is 79.9. The molecular weight excluding hydrogens is 448 g/mol. The van der Waals surface area contributed by atoms with Gasteiger partial charge < -0.3 is 9.84 Å². The van der Waals surface area contributed by atoms with E-state index in [1.165, 1.54) is 6.42 Å². The molecule has 0 spiro atoms. The number of Topliss-reactive ketones (excluding diaryl/α,β-unsaturated/α-hetero) is 1. The SMILES string of the molecule is COc1ccc(C(=O)C[C@@]2(O)C(=O)N(CN3CCCCC3)c3ccc(Br)cc32)cc1. The van der Waals surface area contributed by atoms with Crippen LogP contribution in [0.4, 0.5) is 5.69 Å². The summed E-state index contributed by atoms with van der Waals surface area (Å²) in [4.78, 5) is 30.2. The van der Waals surface area contributed by atoms with Crippen molar-refractivity contribution in [3.63, 3.8) is 0 Å². The van der Waals surface area contributed by atoms with Crippen LogP contribution in [0, 0.1) is 0 Å². The summed E-state index contributed by atoms with van der Waals surface area (Å²) in [5.41, 5.74) is -0.311. The lowest BCUT2D eigenvalue weighted by molar-refractivity contribution is -0.136. The summed E-state index contributed by atoms with van der Waals surface area (Å²) in [6.45, 7) is 2.28. The van der Waals surface area contributed by atoms with Gasteiger partial charge in [0.05, 0.1) is 25.9 Å². The lowest BCUT2D eigenvalue weighted by atomic mass is 9.88. The molecule has 7 heteroatoms. The van der Waals surface area contributed by atoms with E-state index in [9.17, 15) is 14.7 Å². The Labute approximate surface area is 184 Å². The maximum atomic E-state index is 13.4. The number of methoxy groups -OCH3 is 1. The van der Waals surface area contributed by atoms with E-state index in [0.29, 0.717) is 29.2 Å². The molecule has 2 heterocycles. The number of ether oxygens (including phenoxy) is 1. The molecule has 0 radical (unpaired) electrons. The molecule has 1 fully saturated rings. The van der Waals surface area contributed by atoms with Gasteiger partial charge in [-0.15, -0.1) is 0 Å². The van der Waals surface area contributed by atoms with Crippen molar-refractivity contribution in [2.24, 2.45) is 0 Å². The molecule has 4 rings (SSSR count). The monoisotopic (exact) mass is 472 g/mol. The van der Waals surface area contributed by atoms with E-state index in [1.54, 1.807) is 42.3 Å². The number of nitrogens with zero attached hydrogens (tertiary/aromatic N) is 2. The third-order valence-corrected chi connectivity index (χ3v) is 6.41. The summed E-state index contributed by atoms with van der Waals surface area (Å²) in [6, 6.07) is 12.1. The Morgan fingerprint density at radius 3 is 2.50 bits per heavy atom. The van der Waals surface area contributed by atoms with Crippen molar-refractivity contribution in [3.8, 4) is 5.75 Å². The van der Waals surface area contributed by atoms with Crippen LogP contribution in [0.15, 0.2) is 46.9 Å². The minimum absolute atomic E-state index is 0.292. The quantitative estimate of drug-likeness (QED) is 0.648. The molecule has 30 heavy (non-hydrogen) atoms. The molecule has 158 valence electrons. The Kier molecular flexibility index (Phi) is 5.95. The number of anilines is 1. The van der Waals surface area contributed by atoms with Gasteiger partial charge in [-0.25, -0.2) is 0 Å². The van der Waals surface area contributed by atoms with Crippen molar-refractivity contribution in [2.45, 2.75) is 31.3 Å². The molecule has 0 saturated carbocycles. The average molecular weight is 473 g/mol. The van der Waals surface area contributed by atoms with Crippen molar-refractivity contribution in [2.75, 3.05) is 31.8 Å². The fraction of sp³-hybridized carbons (Fsp3) is 0.391. The molecule has 0 unspecified atom stereocenters. The van der Waals surface area contributed by atoms with Gasteiger partial charge in [-0.2, -0.15) is 0 Å². The second-order valence-corrected chi connectivity index (χ2v) is 8.82. The average Bonchev–Trinajstić information content (AvgIpc) is 2.96. The Balaban J connectivity index is 1.63. The maximum Gasteiger partial charge on any atom is 0.265 e. The molecule has 0 aliphatic carbocycles. The lowest BCUT2D eigenvalue weighted by Gasteiger charge is -2.31. The van der Waals surface area contributed by atoms with Crippen LogP contribution >= 0.6 is 15.9 Å². The van der Waals surface area contributed by atoms with Crippen molar-refractivity contribution in [1.82, 2.24) is 4.90 Å². The third-order valence-electron chi connectivity index (χ3n) is 5.91. The number of halogens is 1. The molecule has 1 saturated heterocycles. The van der Waals surface area contributed by atoms with Crippen molar-refractivity contribution in [3.05, 3.63) is 58.1 Å². The number of ketones is 1. The third kappa shape index (κ3) is 3.89. The number of carbonyl (C=O) groups is 2. The summed E-state index contributed by atoms with van der Waals surface area (Å²) in [5.74, 6) is -0.0912. The fourth-order valence-electron chi connectivity index (χ4n) is 4.25. The highest BCUT2D eigenvalue weighted by Gasteiger charge is 2.51. The van der Waals surface area contributed by atoms with Crippen molar-refractivity contribution >= 4 is 33.3 Å². The van der Waals surface area contributed by atoms with Crippen molar-refractivity contribution < 1.29 is 19.4 Å². The van der Waals surface area contributed by atoms with E-state index in [4.69, 9.17) is 4.74 Å². The van der Waals surface area contributed by atoms with Gasteiger partial charge in [-0.3, -0.25) is 19.4 Å². The Morgan fingerprint density at radius 1 is 1.13 bits per heavy atom. The fourth-order valence-corrected chi connectivity index (χ4v) is 4.61. The number of likely N-dealkylation sites (tertiary alicyclic amines) is 1. The van der Waals surface area contributed by atoms with Gasteiger partial charge >= 0.3 is 0 Å². The number of piperidine rings is 1. The van der Waals surface area contributed by atoms with Crippen LogP contribution in [-0.4, -0.2) is 48.6 Å². The van der Waals surface area contributed by atoms with Crippen LogP contribution < -0.4 is 9.64 Å². The molecular formula is C23H25BrN2O4. The number of benzene rings is 2. The number of fused-ring (bicyclic) bond motifs is 1. The van der Waals surface area contributed by atoms with Crippen LogP contribution in [0.5, 0.6) is 5.75 Å². The van der Waals surface area contributed by atoms with Gasteiger partial charge in [-0.05, 0) is 68.4 Å². The molecule has 2 aromatic carbocycles. The molecule has 1 amide bonds. The van der Waals surface area contributed by atoms with E-state index >= 15 is 0 Å². The smallest absolute Gasteiger partial charge is 0.265 e. The maximum absolute atomic E-state index is 13.4. The zero-order valence-electron chi connectivity index (χ0n) is 16.9. The number of hydrogen-bond donors (Lipinski definition) is 1. The van der Waals surface area contributed by atoms with E-state index in [2.05, 4.69) is 20.8 Å². The Hall–Kier alpha value is -2.22. The molecule has 0 bridgehead atoms. The van der Waals surface area contributed by atoms with E-state index in [0.717, 1.165) is 30.4 Å². The Morgan fingerprint density at radius 2 is 1.83 bits per heavy atom. The summed E-state index contributed by atoms with van der Waals surface area (Å²) in [7, 11) is 1.56. The second-order valence-electron chi connectivity index (χ2n) is 7.90. The van der Waals surface area contributed by atoms with Gasteiger partial charge in [0, 0.05) is 15.6 Å². The molecule has 1 atom stereocenters. The molecule has 2 aliphatic heterocycles. The second kappa shape index (κ2) is 8.49. The van der Waals surface area contributed by atoms with E-state index in [1.807, 2.05) is 12.1 Å². The number of carbonyl (C=O) groups excluding carboxylic acids is 2. The van der Waals surface area contributed by atoms with Gasteiger partial charge in [0.1, 0.15) is 5.75 Å². The van der Waals surface area contributed by atoms with Gasteiger partial charge in [-0.1, -0.05) is 22.4 Å². The van der Waals surface area contributed by atoms with Crippen LogP contribution in [0.2, 0.25) is 0 Å². The topological polar surface area (TPSA) is 70.1 Å². The van der Waals surface area contributed by atoms with Crippen LogP contribution in [-0.2, 0) is 10.4 Å². The molecule has 2 aromatic rings. The number of rotatable bonds is 6. The van der Waals surface area contributed by atoms with E-state index < -0.39 is 11.5 Å². The first-order chi connectivity index (χ1) is 14.4. The van der Waals surface area contributed by atoms with Crippen LogP contribution in [0.25, 0.3) is 0 Å². The first-order valence-electron chi connectivity index (χ1n) is 10.2. The normalized spacial score (nSPS) is 21.6.